The van der Waals surface area contributed by atoms with Crippen molar-refractivity contribution in [3.05, 3.63) is 28.7 Å². The van der Waals surface area contributed by atoms with Gasteiger partial charge in [-0.15, -0.1) is 11.6 Å². The maximum Gasteiger partial charge on any atom is 0.120 e. The Morgan fingerprint density at radius 1 is 1.50 bits per heavy atom. The molecule has 1 saturated heterocycles. The van der Waals surface area contributed by atoms with Crippen LogP contribution in [-0.2, 0) is 0 Å². The Morgan fingerprint density at radius 3 is 3.06 bits per heavy atom. The maximum atomic E-state index is 6.03. The average Bonchev–Trinajstić information content (AvgIpc) is 2.70. The molecule has 0 saturated carbocycles. The minimum absolute atomic E-state index is 0.512. The lowest BCUT2D eigenvalue weighted by molar-refractivity contribution is 0.195. The van der Waals surface area contributed by atoms with Crippen LogP contribution < -0.4 is 4.74 Å². The van der Waals surface area contributed by atoms with Crippen LogP contribution in [0.15, 0.2) is 28.7 Å². The predicted molar refractivity (Wildman–Crippen MR) is 79.5 cm³/mol. The monoisotopic (exact) mass is 331 g/mol. The number of alkyl halides is 1. The second-order valence-electron chi connectivity index (χ2n) is 4.83. The van der Waals surface area contributed by atoms with Crippen LogP contribution in [0.4, 0.5) is 0 Å². The first kappa shape index (κ1) is 14.2. The third-order valence-corrected chi connectivity index (χ3v) is 4.41. The van der Waals surface area contributed by atoms with E-state index in [1.54, 1.807) is 0 Å². The molecule has 1 aromatic rings. The average molecular weight is 333 g/mol. The minimum atomic E-state index is 0.512. The Balaban J connectivity index is 1.78. The fourth-order valence-corrected chi connectivity index (χ4v) is 3.33. The number of hydrogen-bond acceptors (Lipinski definition) is 2. The van der Waals surface area contributed by atoms with Crippen molar-refractivity contribution in [3.8, 4) is 5.75 Å². The van der Waals surface area contributed by atoms with Gasteiger partial charge in [0, 0.05) is 22.9 Å². The fraction of sp³-hybridized carbons (Fsp3) is 0.571. The van der Waals surface area contributed by atoms with Crippen molar-refractivity contribution in [2.24, 2.45) is 5.92 Å². The highest BCUT2D eigenvalue weighted by atomic mass is 79.9. The molecule has 0 aliphatic carbocycles. The van der Waals surface area contributed by atoms with E-state index in [1.807, 2.05) is 24.3 Å². The van der Waals surface area contributed by atoms with Gasteiger partial charge in [0.15, 0.2) is 0 Å². The summed E-state index contributed by atoms with van der Waals surface area (Å²) >= 11 is 9.47. The molecule has 1 aromatic carbocycles. The number of nitrogens with zero attached hydrogens (tertiary/aromatic N) is 1. The van der Waals surface area contributed by atoms with E-state index in [9.17, 15) is 0 Å². The largest absolute Gasteiger partial charge is 0.492 e. The molecule has 0 N–H and O–H groups in total. The smallest absolute Gasteiger partial charge is 0.120 e. The van der Waals surface area contributed by atoms with Gasteiger partial charge in [-0.05, 0) is 37.1 Å². The van der Waals surface area contributed by atoms with E-state index in [2.05, 4.69) is 27.8 Å². The highest BCUT2D eigenvalue weighted by molar-refractivity contribution is 9.10. The molecule has 1 heterocycles. The summed E-state index contributed by atoms with van der Waals surface area (Å²) in [4.78, 5) is 2.44. The Morgan fingerprint density at radius 2 is 2.33 bits per heavy atom. The van der Waals surface area contributed by atoms with Crippen LogP contribution in [0.3, 0.4) is 0 Å². The van der Waals surface area contributed by atoms with Gasteiger partial charge < -0.3 is 4.74 Å². The van der Waals surface area contributed by atoms with Crippen molar-refractivity contribution in [1.82, 2.24) is 4.90 Å². The van der Waals surface area contributed by atoms with Gasteiger partial charge in [0.2, 0.25) is 0 Å². The lowest BCUT2D eigenvalue weighted by Crippen LogP contribution is -2.36. The lowest BCUT2D eigenvalue weighted by Gasteiger charge is -2.24. The van der Waals surface area contributed by atoms with Crippen molar-refractivity contribution in [2.75, 3.05) is 25.6 Å². The summed E-state index contributed by atoms with van der Waals surface area (Å²) in [6.07, 6.45) is 1.24. The lowest BCUT2D eigenvalue weighted by atomic mass is 10.1. The molecule has 0 radical (unpaired) electrons. The molecule has 18 heavy (non-hydrogen) atoms. The first-order valence-corrected chi connectivity index (χ1v) is 7.72. The van der Waals surface area contributed by atoms with E-state index in [4.69, 9.17) is 16.3 Å². The Bertz CT molecular complexity index is 388. The van der Waals surface area contributed by atoms with Gasteiger partial charge in [-0.1, -0.05) is 28.9 Å². The summed E-state index contributed by atoms with van der Waals surface area (Å²) in [6, 6.07) is 8.47. The van der Waals surface area contributed by atoms with Gasteiger partial charge in [-0.2, -0.15) is 0 Å². The molecule has 4 heteroatoms. The molecule has 2 rings (SSSR count). The molecule has 2 unspecified atom stereocenters. The SMILES string of the molecule is CC1CCN(CCOc2cccc(Br)c2)C1CCl. The third-order valence-electron chi connectivity index (χ3n) is 3.60. The van der Waals surface area contributed by atoms with Gasteiger partial charge in [-0.3, -0.25) is 4.90 Å². The number of likely N-dealkylation sites (tertiary alicyclic amines) is 1. The van der Waals surface area contributed by atoms with Crippen LogP contribution in [0.2, 0.25) is 0 Å². The Labute approximate surface area is 122 Å². The molecule has 0 spiro atoms. The van der Waals surface area contributed by atoms with Gasteiger partial charge in [0.1, 0.15) is 12.4 Å². The molecule has 0 bridgehead atoms. The molecule has 2 atom stereocenters. The van der Waals surface area contributed by atoms with Crippen LogP contribution in [0.25, 0.3) is 0 Å². The fourth-order valence-electron chi connectivity index (χ4n) is 2.45. The topological polar surface area (TPSA) is 12.5 Å². The van der Waals surface area contributed by atoms with Crippen molar-refractivity contribution in [2.45, 2.75) is 19.4 Å². The molecule has 100 valence electrons. The van der Waals surface area contributed by atoms with Crippen molar-refractivity contribution < 1.29 is 4.74 Å². The zero-order valence-electron chi connectivity index (χ0n) is 10.6. The molecular weight excluding hydrogens is 314 g/mol. The second-order valence-corrected chi connectivity index (χ2v) is 6.05. The van der Waals surface area contributed by atoms with Crippen LogP contribution in [0.5, 0.6) is 5.75 Å². The molecule has 1 aliphatic heterocycles. The van der Waals surface area contributed by atoms with E-state index in [-0.39, 0.29) is 0 Å². The highest BCUT2D eigenvalue weighted by Crippen LogP contribution is 2.24. The summed E-state index contributed by atoms with van der Waals surface area (Å²) in [6.45, 7) is 5.09. The summed E-state index contributed by atoms with van der Waals surface area (Å²) < 4.78 is 6.81. The van der Waals surface area contributed by atoms with E-state index in [0.29, 0.717) is 12.0 Å². The molecule has 1 aliphatic rings. The molecule has 0 aromatic heterocycles. The standard InChI is InChI=1S/C14H19BrClNO/c1-11-5-6-17(14(11)10-16)7-8-18-13-4-2-3-12(15)9-13/h2-4,9,11,14H,5-8,10H2,1H3. The molecule has 2 nitrogen and oxygen atoms in total. The van der Waals surface area contributed by atoms with Crippen LogP contribution >= 0.6 is 27.5 Å². The maximum absolute atomic E-state index is 6.03. The van der Waals surface area contributed by atoms with E-state index in [1.165, 1.54) is 6.42 Å². The molecular formula is C14H19BrClNO. The first-order valence-electron chi connectivity index (χ1n) is 6.39. The quantitative estimate of drug-likeness (QED) is 0.761. The highest BCUT2D eigenvalue weighted by Gasteiger charge is 2.29. The van der Waals surface area contributed by atoms with Crippen LogP contribution in [0, 0.1) is 5.92 Å². The zero-order valence-corrected chi connectivity index (χ0v) is 13.0. The van der Waals surface area contributed by atoms with Crippen LogP contribution in [-0.4, -0.2) is 36.5 Å². The molecule has 0 amide bonds. The summed E-state index contributed by atoms with van der Waals surface area (Å²) in [7, 11) is 0. The Kier molecular flexibility index (Phi) is 5.34. The zero-order chi connectivity index (χ0) is 13.0. The number of ether oxygens (including phenoxy) is 1. The van der Waals surface area contributed by atoms with E-state index < -0.39 is 0 Å². The van der Waals surface area contributed by atoms with Gasteiger partial charge in [-0.25, -0.2) is 0 Å². The van der Waals surface area contributed by atoms with Crippen LogP contribution in [0.1, 0.15) is 13.3 Å². The summed E-state index contributed by atoms with van der Waals surface area (Å²) in [5.41, 5.74) is 0. The first-order chi connectivity index (χ1) is 8.70. The van der Waals surface area contributed by atoms with Crippen molar-refractivity contribution >= 4 is 27.5 Å². The van der Waals surface area contributed by atoms with Gasteiger partial charge >= 0.3 is 0 Å². The van der Waals surface area contributed by atoms with Gasteiger partial charge in [0.25, 0.3) is 0 Å². The summed E-state index contributed by atoms with van der Waals surface area (Å²) in [5.74, 6) is 2.34. The molecule has 1 fully saturated rings. The minimum Gasteiger partial charge on any atom is -0.492 e. The van der Waals surface area contributed by atoms with E-state index >= 15 is 0 Å². The second kappa shape index (κ2) is 6.78. The van der Waals surface area contributed by atoms with E-state index in [0.717, 1.165) is 35.8 Å². The normalized spacial score (nSPS) is 24.4. The van der Waals surface area contributed by atoms with Crippen molar-refractivity contribution in [3.63, 3.8) is 0 Å². The van der Waals surface area contributed by atoms with Crippen molar-refractivity contribution in [1.29, 1.82) is 0 Å². The number of benzene rings is 1. The van der Waals surface area contributed by atoms with Gasteiger partial charge in [0.05, 0.1) is 0 Å². The number of hydrogen-bond donors (Lipinski definition) is 0. The predicted octanol–water partition coefficient (Wildman–Crippen LogP) is 3.78. The number of halogens is 2. The summed E-state index contributed by atoms with van der Waals surface area (Å²) in [5, 5.41) is 0. The Hall–Kier alpha value is -0.250. The number of rotatable bonds is 5. The third kappa shape index (κ3) is 3.62.